The van der Waals surface area contributed by atoms with Crippen LogP contribution >= 0.6 is 32.9 Å². The molecule has 0 aromatic heterocycles. The van der Waals surface area contributed by atoms with Crippen molar-refractivity contribution >= 4 is 38.6 Å². The van der Waals surface area contributed by atoms with Crippen molar-refractivity contribution in [3.8, 4) is 5.75 Å². The molecule has 0 saturated carbocycles. The Bertz CT molecular complexity index is 354. The van der Waals surface area contributed by atoms with Crippen LogP contribution in [0.25, 0.3) is 0 Å². The van der Waals surface area contributed by atoms with Crippen molar-refractivity contribution in [2.75, 3.05) is 12.8 Å². The molecule has 0 saturated heterocycles. The van der Waals surface area contributed by atoms with E-state index in [1.807, 2.05) is 0 Å². The summed E-state index contributed by atoms with van der Waals surface area (Å²) >= 11 is 3.02. The van der Waals surface area contributed by atoms with Gasteiger partial charge < -0.3 is 10.5 Å². The Balaban J connectivity index is 0.00000196. The van der Waals surface area contributed by atoms with E-state index >= 15 is 0 Å². The zero-order chi connectivity index (χ0) is 10.9. The molecule has 0 amide bonds. The molecule has 2 nitrogen and oxygen atoms in total. The van der Waals surface area contributed by atoms with Crippen LogP contribution in [0.5, 0.6) is 5.75 Å². The summed E-state index contributed by atoms with van der Waals surface area (Å²) in [4.78, 5) is 0. The Morgan fingerprint density at radius 3 is 2.27 bits per heavy atom. The topological polar surface area (TPSA) is 35.2 Å². The number of alkyl halides is 3. The summed E-state index contributed by atoms with van der Waals surface area (Å²) in [5.41, 5.74) is 4.49. The molecule has 0 heterocycles. The third kappa shape index (κ3) is 3.27. The zero-order valence-electron chi connectivity index (χ0n) is 7.56. The summed E-state index contributed by atoms with van der Waals surface area (Å²) < 4.78 is 42.2. The minimum absolute atomic E-state index is 0. The molecule has 0 bridgehead atoms. The van der Waals surface area contributed by atoms with Gasteiger partial charge in [-0.05, 0) is 28.1 Å². The average molecular weight is 351 g/mol. The van der Waals surface area contributed by atoms with Crippen LogP contribution in [0.15, 0.2) is 16.6 Å². The van der Waals surface area contributed by atoms with E-state index in [1.165, 1.54) is 13.2 Å². The van der Waals surface area contributed by atoms with Crippen molar-refractivity contribution in [2.45, 2.75) is 6.18 Å². The molecule has 2 N–H and O–H groups in total. The van der Waals surface area contributed by atoms with Crippen molar-refractivity contribution in [3.63, 3.8) is 0 Å². The molecule has 1 aromatic carbocycles. The van der Waals surface area contributed by atoms with E-state index in [4.69, 9.17) is 5.73 Å². The smallest absolute Gasteiger partial charge is 0.420 e. The summed E-state index contributed by atoms with van der Waals surface area (Å²) in [5.74, 6) is -0.251. The number of hydrogen-bond donors (Lipinski definition) is 1. The van der Waals surface area contributed by atoms with Crippen LogP contribution in [0.1, 0.15) is 5.56 Å². The monoisotopic (exact) mass is 349 g/mol. The maximum atomic E-state index is 12.4. The second kappa shape index (κ2) is 5.07. The molecule has 0 unspecified atom stereocenters. The minimum atomic E-state index is -4.46. The third-order valence-corrected chi connectivity index (χ3v) is 2.31. The summed E-state index contributed by atoms with van der Waals surface area (Å²) in [6.45, 7) is 0. The van der Waals surface area contributed by atoms with E-state index in [0.717, 1.165) is 6.07 Å². The number of ether oxygens (including phenoxy) is 1. The van der Waals surface area contributed by atoms with Crippen LogP contribution in [-0.4, -0.2) is 7.11 Å². The minimum Gasteiger partial charge on any atom is -0.496 e. The first-order valence-corrected chi connectivity index (χ1v) is 4.35. The molecule has 7 heteroatoms. The number of halogens is 5. The van der Waals surface area contributed by atoms with Crippen LogP contribution < -0.4 is 10.5 Å². The van der Waals surface area contributed by atoms with Crippen molar-refractivity contribution in [1.29, 1.82) is 0 Å². The lowest BCUT2D eigenvalue weighted by atomic mass is 10.1. The molecule has 0 spiro atoms. The molecule has 1 rings (SSSR count). The average Bonchev–Trinajstić information content (AvgIpc) is 2.07. The molecule has 15 heavy (non-hydrogen) atoms. The molecule has 0 atom stereocenters. The van der Waals surface area contributed by atoms with Crippen LogP contribution in [0.4, 0.5) is 18.9 Å². The molecule has 0 fully saturated rings. The molecular weight excluding hydrogens is 343 g/mol. The van der Waals surface area contributed by atoms with Gasteiger partial charge in [0.2, 0.25) is 0 Å². The Labute approximate surface area is 103 Å². The van der Waals surface area contributed by atoms with Crippen LogP contribution in [0.2, 0.25) is 0 Å². The first-order valence-electron chi connectivity index (χ1n) is 3.56. The normalized spacial score (nSPS) is 10.7. The van der Waals surface area contributed by atoms with Crippen molar-refractivity contribution < 1.29 is 17.9 Å². The number of rotatable bonds is 1. The van der Waals surface area contributed by atoms with Gasteiger partial charge in [-0.25, -0.2) is 0 Å². The number of nitrogen functional groups attached to an aromatic ring is 1. The van der Waals surface area contributed by atoms with E-state index in [1.54, 1.807) is 0 Å². The molecular formula is C8H8Br2F3NO. The molecule has 0 aliphatic rings. The summed E-state index contributed by atoms with van der Waals surface area (Å²) in [5, 5.41) is 0. The van der Waals surface area contributed by atoms with Gasteiger partial charge in [0.15, 0.2) is 0 Å². The highest BCUT2D eigenvalue weighted by Gasteiger charge is 2.34. The summed E-state index contributed by atoms with van der Waals surface area (Å²) in [6.07, 6.45) is -4.46. The van der Waals surface area contributed by atoms with E-state index in [9.17, 15) is 13.2 Å². The van der Waals surface area contributed by atoms with Gasteiger partial charge in [-0.1, -0.05) is 0 Å². The number of anilines is 1. The fraction of sp³-hybridized carbons (Fsp3) is 0.250. The molecule has 0 radical (unpaired) electrons. The molecule has 86 valence electrons. The second-order valence-electron chi connectivity index (χ2n) is 2.57. The van der Waals surface area contributed by atoms with Gasteiger partial charge in [-0.15, -0.1) is 17.0 Å². The highest BCUT2D eigenvalue weighted by molar-refractivity contribution is 9.10. The molecule has 0 aliphatic carbocycles. The van der Waals surface area contributed by atoms with Gasteiger partial charge in [-0.2, -0.15) is 13.2 Å². The van der Waals surface area contributed by atoms with Gasteiger partial charge >= 0.3 is 6.18 Å². The summed E-state index contributed by atoms with van der Waals surface area (Å²) in [7, 11) is 1.17. The highest BCUT2D eigenvalue weighted by Crippen LogP contribution is 2.39. The maximum absolute atomic E-state index is 12.4. The predicted octanol–water partition coefficient (Wildman–Crippen LogP) is 3.64. The number of nitrogens with two attached hydrogens (primary N) is 1. The van der Waals surface area contributed by atoms with Gasteiger partial charge in [-0.3, -0.25) is 0 Å². The van der Waals surface area contributed by atoms with Crippen molar-refractivity contribution in [3.05, 3.63) is 22.2 Å². The van der Waals surface area contributed by atoms with E-state index in [0.29, 0.717) is 4.47 Å². The Kier molecular flexibility index (Phi) is 4.92. The third-order valence-electron chi connectivity index (χ3n) is 1.62. The van der Waals surface area contributed by atoms with E-state index in [2.05, 4.69) is 20.7 Å². The van der Waals surface area contributed by atoms with Crippen LogP contribution in [0.3, 0.4) is 0 Å². The number of hydrogen-bond acceptors (Lipinski definition) is 2. The lowest BCUT2D eigenvalue weighted by Gasteiger charge is -2.13. The van der Waals surface area contributed by atoms with Gasteiger partial charge in [0.05, 0.1) is 12.7 Å². The fourth-order valence-electron chi connectivity index (χ4n) is 0.962. The fourth-order valence-corrected chi connectivity index (χ4v) is 1.28. The largest absolute Gasteiger partial charge is 0.496 e. The van der Waals surface area contributed by atoms with Crippen molar-refractivity contribution in [1.82, 2.24) is 0 Å². The van der Waals surface area contributed by atoms with Crippen molar-refractivity contribution in [2.24, 2.45) is 0 Å². The van der Waals surface area contributed by atoms with E-state index < -0.39 is 11.7 Å². The van der Waals surface area contributed by atoms with E-state index in [-0.39, 0.29) is 28.4 Å². The SMILES string of the molecule is Br.COc1cc(Br)c(N)cc1C(F)(F)F. The Hall–Kier alpha value is -0.430. The molecule has 0 aliphatic heterocycles. The van der Waals surface area contributed by atoms with Gasteiger partial charge in [0, 0.05) is 10.2 Å². The summed E-state index contributed by atoms with van der Waals surface area (Å²) in [6, 6.07) is 2.03. The standard InChI is InChI=1S/C8H7BrF3NO.BrH/c1-14-7-3-5(9)6(13)2-4(7)8(10,11)12;/h2-3H,13H2,1H3;1H. The lowest BCUT2D eigenvalue weighted by molar-refractivity contribution is -0.138. The zero-order valence-corrected chi connectivity index (χ0v) is 10.9. The Morgan fingerprint density at radius 1 is 1.33 bits per heavy atom. The van der Waals surface area contributed by atoms with Gasteiger partial charge in [0.1, 0.15) is 5.75 Å². The van der Waals surface area contributed by atoms with Crippen LogP contribution in [0, 0.1) is 0 Å². The van der Waals surface area contributed by atoms with Crippen LogP contribution in [-0.2, 0) is 6.18 Å². The highest BCUT2D eigenvalue weighted by atomic mass is 79.9. The maximum Gasteiger partial charge on any atom is 0.420 e. The Morgan fingerprint density at radius 2 is 1.87 bits per heavy atom. The lowest BCUT2D eigenvalue weighted by Crippen LogP contribution is -2.08. The number of benzene rings is 1. The molecule has 1 aromatic rings. The first kappa shape index (κ1) is 14.6. The first-order chi connectivity index (χ1) is 6.36. The second-order valence-corrected chi connectivity index (χ2v) is 3.43. The quantitative estimate of drug-likeness (QED) is 0.785. The number of methoxy groups -OCH3 is 1. The predicted molar refractivity (Wildman–Crippen MR) is 60.4 cm³/mol. The van der Waals surface area contributed by atoms with Gasteiger partial charge in [0.25, 0.3) is 0 Å².